The van der Waals surface area contributed by atoms with Gasteiger partial charge in [0.25, 0.3) is 0 Å². The second-order valence-electron chi connectivity index (χ2n) is 8.86. The lowest BCUT2D eigenvalue weighted by molar-refractivity contribution is -0.132. The molecule has 0 aliphatic carbocycles. The quantitative estimate of drug-likeness (QED) is 0.559. The average molecular weight is 454 g/mol. The van der Waals surface area contributed by atoms with Crippen molar-refractivity contribution in [1.29, 1.82) is 0 Å². The highest BCUT2D eigenvalue weighted by Gasteiger charge is 2.35. The number of rotatable bonds is 11. The first-order valence-electron chi connectivity index (χ1n) is 12.0. The van der Waals surface area contributed by atoms with Crippen molar-refractivity contribution in [3.05, 3.63) is 48.0 Å². The third-order valence-corrected chi connectivity index (χ3v) is 6.59. The van der Waals surface area contributed by atoms with Crippen LogP contribution < -0.4 is 15.2 Å². The number of ether oxygens (including phenoxy) is 2. The van der Waals surface area contributed by atoms with Crippen molar-refractivity contribution in [2.45, 2.75) is 51.0 Å². The number of benzene rings is 1. The molecule has 1 fully saturated rings. The Kier molecular flexibility index (Phi) is 8.12. The summed E-state index contributed by atoms with van der Waals surface area (Å²) in [6.45, 7) is 5.56. The molecule has 3 heterocycles. The van der Waals surface area contributed by atoms with Crippen molar-refractivity contribution in [2.75, 3.05) is 39.5 Å². The summed E-state index contributed by atoms with van der Waals surface area (Å²) in [6, 6.07) is 8.34. The van der Waals surface area contributed by atoms with Crippen molar-refractivity contribution in [3.8, 4) is 11.5 Å². The summed E-state index contributed by atoms with van der Waals surface area (Å²) in [5.41, 5.74) is 7.02. The third-order valence-electron chi connectivity index (χ3n) is 6.59. The molecule has 1 aromatic carbocycles. The van der Waals surface area contributed by atoms with Gasteiger partial charge in [-0.15, -0.1) is 0 Å². The molecule has 33 heavy (non-hydrogen) atoms. The molecule has 8 heteroatoms. The molecule has 0 saturated carbocycles. The summed E-state index contributed by atoms with van der Waals surface area (Å²) >= 11 is 0. The Hall–Kier alpha value is -2.71. The fraction of sp³-hybridized carbons (Fsp3) is 0.560. The van der Waals surface area contributed by atoms with Gasteiger partial charge < -0.3 is 20.1 Å². The highest BCUT2D eigenvalue weighted by Crippen LogP contribution is 2.39. The Labute approximate surface area is 196 Å². The number of aryl methyl sites for hydroxylation is 1. The normalized spacial score (nSPS) is 19.7. The second-order valence-corrected chi connectivity index (χ2v) is 8.86. The average Bonchev–Trinajstić information content (AvgIpc) is 3.47. The Morgan fingerprint density at radius 1 is 1.21 bits per heavy atom. The zero-order valence-corrected chi connectivity index (χ0v) is 19.5. The van der Waals surface area contributed by atoms with Crippen LogP contribution in [0.2, 0.25) is 0 Å². The predicted molar refractivity (Wildman–Crippen MR) is 126 cm³/mol. The van der Waals surface area contributed by atoms with E-state index in [0.717, 1.165) is 62.5 Å². The Morgan fingerprint density at radius 3 is 2.82 bits per heavy atom. The standard InChI is InChI=1S/C25H35N5O3/c1-2-3-12-29(13-9-26)25(31)17-30-16-20(19-5-7-22-23(15-19)33-18-32-22)14-21(30)6-8-24-27-10-4-11-28-24/h4-5,7,10-11,15,20-21H,2-3,6,8-9,12-14,16-18,26H2,1H3. The number of hydrogen-bond donors (Lipinski definition) is 1. The van der Waals surface area contributed by atoms with E-state index in [1.807, 2.05) is 17.0 Å². The monoisotopic (exact) mass is 453 g/mol. The van der Waals surface area contributed by atoms with Crippen LogP contribution >= 0.6 is 0 Å². The van der Waals surface area contributed by atoms with E-state index in [9.17, 15) is 4.79 Å². The minimum absolute atomic E-state index is 0.168. The summed E-state index contributed by atoms with van der Waals surface area (Å²) in [4.78, 5) is 26.2. The summed E-state index contributed by atoms with van der Waals surface area (Å²) in [5, 5.41) is 0. The number of nitrogens with two attached hydrogens (primary N) is 1. The maximum atomic E-state index is 13.2. The topological polar surface area (TPSA) is 93.8 Å². The van der Waals surface area contributed by atoms with E-state index in [4.69, 9.17) is 15.2 Å². The number of carbonyl (C=O) groups is 1. The van der Waals surface area contributed by atoms with Crippen molar-refractivity contribution >= 4 is 5.91 Å². The van der Waals surface area contributed by atoms with E-state index in [0.29, 0.717) is 31.6 Å². The van der Waals surface area contributed by atoms with Gasteiger partial charge in [-0.3, -0.25) is 9.69 Å². The van der Waals surface area contributed by atoms with Crippen LogP contribution in [0.25, 0.3) is 0 Å². The SMILES string of the molecule is CCCCN(CCN)C(=O)CN1CC(c2ccc3c(c2)OCO3)CC1CCc1ncccn1. The van der Waals surface area contributed by atoms with E-state index in [-0.39, 0.29) is 12.7 Å². The molecule has 4 rings (SSSR count). The molecule has 0 radical (unpaired) electrons. The zero-order valence-electron chi connectivity index (χ0n) is 19.5. The highest BCUT2D eigenvalue weighted by atomic mass is 16.7. The van der Waals surface area contributed by atoms with Crippen LogP contribution in [-0.4, -0.2) is 71.2 Å². The maximum absolute atomic E-state index is 13.2. The molecule has 178 valence electrons. The lowest BCUT2D eigenvalue weighted by atomic mass is 9.94. The summed E-state index contributed by atoms with van der Waals surface area (Å²) in [6.07, 6.45) is 8.34. The molecular formula is C25H35N5O3. The number of carbonyl (C=O) groups excluding carboxylic acids is 1. The molecule has 2 unspecified atom stereocenters. The smallest absolute Gasteiger partial charge is 0.236 e. The van der Waals surface area contributed by atoms with Gasteiger partial charge in [-0.25, -0.2) is 9.97 Å². The molecule has 0 bridgehead atoms. The lowest BCUT2D eigenvalue weighted by Crippen LogP contribution is -2.44. The second kappa shape index (κ2) is 11.4. The first-order chi connectivity index (χ1) is 16.2. The van der Waals surface area contributed by atoms with Gasteiger partial charge in [-0.1, -0.05) is 19.4 Å². The lowest BCUT2D eigenvalue weighted by Gasteiger charge is -2.28. The van der Waals surface area contributed by atoms with Crippen molar-refractivity contribution < 1.29 is 14.3 Å². The van der Waals surface area contributed by atoms with Gasteiger partial charge in [0.1, 0.15) is 5.82 Å². The van der Waals surface area contributed by atoms with Gasteiger partial charge >= 0.3 is 0 Å². The van der Waals surface area contributed by atoms with Gasteiger partial charge in [0, 0.05) is 51.0 Å². The van der Waals surface area contributed by atoms with Crippen LogP contribution in [0.5, 0.6) is 11.5 Å². The van der Waals surface area contributed by atoms with Gasteiger partial charge in [0.2, 0.25) is 12.7 Å². The van der Waals surface area contributed by atoms with E-state index in [1.165, 1.54) is 5.56 Å². The summed E-state index contributed by atoms with van der Waals surface area (Å²) in [7, 11) is 0. The third kappa shape index (κ3) is 6.00. The number of hydrogen-bond acceptors (Lipinski definition) is 7. The van der Waals surface area contributed by atoms with Crippen LogP contribution in [0.15, 0.2) is 36.7 Å². The number of likely N-dealkylation sites (tertiary alicyclic amines) is 1. The maximum Gasteiger partial charge on any atom is 0.236 e. The van der Waals surface area contributed by atoms with Crippen LogP contribution in [0, 0.1) is 0 Å². The fourth-order valence-electron chi connectivity index (χ4n) is 4.78. The van der Waals surface area contributed by atoms with E-state index >= 15 is 0 Å². The molecule has 2 N–H and O–H groups in total. The van der Waals surface area contributed by atoms with E-state index in [1.54, 1.807) is 12.4 Å². The predicted octanol–water partition coefficient (Wildman–Crippen LogP) is 2.58. The van der Waals surface area contributed by atoms with E-state index < -0.39 is 0 Å². The molecule has 0 spiro atoms. The highest BCUT2D eigenvalue weighted by molar-refractivity contribution is 5.78. The van der Waals surface area contributed by atoms with Crippen LogP contribution in [0.4, 0.5) is 0 Å². The minimum atomic E-state index is 0.168. The van der Waals surface area contributed by atoms with Crippen LogP contribution in [0.3, 0.4) is 0 Å². The number of unbranched alkanes of at least 4 members (excludes halogenated alkanes) is 1. The molecule has 8 nitrogen and oxygen atoms in total. The number of nitrogens with zero attached hydrogens (tertiary/aromatic N) is 4. The van der Waals surface area contributed by atoms with Gasteiger partial charge in [0.05, 0.1) is 6.54 Å². The summed E-state index contributed by atoms with van der Waals surface area (Å²) in [5.74, 6) is 2.97. The van der Waals surface area contributed by atoms with Gasteiger partial charge in [-0.2, -0.15) is 0 Å². The molecule has 2 aliphatic heterocycles. The molecule has 2 atom stereocenters. The molecule has 2 aromatic rings. The number of amides is 1. The van der Waals surface area contributed by atoms with Crippen molar-refractivity contribution in [1.82, 2.24) is 19.8 Å². The fourth-order valence-corrected chi connectivity index (χ4v) is 4.78. The summed E-state index contributed by atoms with van der Waals surface area (Å²) < 4.78 is 11.1. The largest absolute Gasteiger partial charge is 0.454 e. The Balaban J connectivity index is 1.46. The van der Waals surface area contributed by atoms with Crippen molar-refractivity contribution in [2.24, 2.45) is 5.73 Å². The van der Waals surface area contributed by atoms with Gasteiger partial charge in [-0.05, 0) is 48.9 Å². The minimum Gasteiger partial charge on any atom is -0.454 e. The Morgan fingerprint density at radius 2 is 2.03 bits per heavy atom. The first kappa shape index (κ1) is 23.4. The van der Waals surface area contributed by atoms with Crippen LogP contribution in [0.1, 0.15) is 49.9 Å². The molecule has 1 aromatic heterocycles. The van der Waals surface area contributed by atoms with Crippen molar-refractivity contribution in [3.63, 3.8) is 0 Å². The Bertz CT molecular complexity index is 910. The number of aromatic nitrogens is 2. The van der Waals surface area contributed by atoms with Gasteiger partial charge in [0.15, 0.2) is 11.5 Å². The zero-order chi connectivity index (χ0) is 23.0. The molecule has 1 saturated heterocycles. The molecule has 1 amide bonds. The molecular weight excluding hydrogens is 418 g/mol. The number of fused-ring (bicyclic) bond motifs is 1. The van der Waals surface area contributed by atoms with E-state index in [2.05, 4.69) is 33.9 Å². The first-order valence-corrected chi connectivity index (χ1v) is 12.0. The molecule has 2 aliphatic rings. The van der Waals surface area contributed by atoms with Crippen LogP contribution in [-0.2, 0) is 11.2 Å².